The molecule has 5 rings (SSSR count). The van der Waals surface area contributed by atoms with Crippen molar-refractivity contribution in [2.24, 2.45) is 0 Å². The topological polar surface area (TPSA) is 63.1 Å². The Kier molecular flexibility index (Phi) is 6.21. The molecule has 9 heteroatoms. The predicted molar refractivity (Wildman–Crippen MR) is 136 cm³/mol. The highest BCUT2D eigenvalue weighted by Crippen LogP contribution is 2.32. The summed E-state index contributed by atoms with van der Waals surface area (Å²) in [5.74, 6) is -0.141. The zero-order chi connectivity index (χ0) is 24.7. The molecule has 0 aliphatic carbocycles. The van der Waals surface area contributed by atoms with Gasteiger partial charge < -0.3 is 14.8 Å². The first-order chi connectivity index (χ1) is 16.8. The molecule has 1 atom stereocenters. The second-order valence-electron chi connectivity index (χ2n) is 8.51. The Morgan fingerprint density at radius 1 is 1.11 bits per heavy atom. The first kappa shape index (κ1) is 23.3. The number of benzene rings is 2. The van der Waals surface area contributed by atoms with Gasteiger partial charge in [-0.1, -0.05) is 35.3 Å². The number of hydrogen-bond acceptors (Lipinski definition) is 4. The van der Waals surface area contributed by atoms with Crippen LogP contribution in [0.4, 0.5) is 16.0 Å². The lowest BCUT2D eigenvalue weighted by molar-refractivity contribution is 0.0632. The minimum Gasteiger partial charge on any atom is -0.341 e. The fraction of sp³-hybridized carbons (Fsp3) is 0.192. The molecule has 1 aliphatic rings. The molecule has 1 aliphatic heterocycles. The number of hydrogen-bond donors (Lipinski definition) is 1. The van der Waals surface area contributed by atoms with E-state index in [1.54, 1.807) is 6.20 Å². The van der Waals surface area contributed by atoms with Gasteiger partial charge in [-0.25, -0.2) is 14.4 Å². The average Bonchev–Trinajstić information content (AvgIpc) is 3.27. The van der Waals surface area contributed by atoms with Crippen LogP contribution in [0.5, 0.6) is 0 Å². The van der Waals surface area contributed by atoms with Gasteiger partial charge in [-0.2, -0.15) is 0 Å². The van der Waals surface area contributed by atoms with E-state index in [0.717, 1.165) is 16.7 Å². The maximum Gasteiger partial charge on any atom is 0.271 e. The van der Waals surface area contributed by atoms with E-state index in [1.165, 1.54) is 18.2 Å². The number of aromatic nitrogens is 3. The number of halogens is 3. The summed E-state index contributed by atoms with van der Waals surface area (Å²) in [5, 5.41) is 3.92. The van der Waals surface area contributed by atoms with E-state index in [-0.39, 0.29) is 17.0 Å². The van der Waals surface area contributed by atoms with Gasteiger partial charge in [0.05, 0.1) is 22.4 Å². The Hall–Kier alpha value is -3.42. The minimum absolute atomic E-state index is 0.0434. The molecule has 0 saturated carbocycles. The highest BCUT2D eigenvalue weighted by atomic mass is 35.5. The zero-order valence-corrected chi connectivity index (χ0v) is 20.6. The van der Waals surface area contributed by atoms with Gasteiger partial charge in [0.2, 0.25) is 5.95 Å². The molecule has 0 fully saturated rings. The van der Waals surface area contributed by atoms with Crippen LogP contribution in [0.25, 0.3) is 11.3 Å². The monoisotopic (exact) mass is 509 g/mol. The van der Waals surface area contributed by atoms with Crippen molar-refractivity contribution >= 4 is 40.7 Å². The molecular formula is C26H22Cl2FN5O. The number of carbonyl (C=O) groups excluding carboxylic acids is 1. The van der Waals surface area contributed by atoms with Gasteiger partial charge in [0, 0.05) is 36.1 Å². The van der Waals surface area contributed by atoms with Crippen molar-refractivity contribution in [3.63, 3.8) is 0 Å². The van der Waals surface area contributed by atoms with Crippen molar-refractivity contribution in [2.45, 2.75) is 26.4 Å². The van der Waals surface area contributed by atoms with Crippen molar-refractivity contribution < 1.29 is 9.18 Å². The normalized spacial score (nSPS) is 14.1. The molecule has 1 amide bonds. The number of carbonyl (C=O) groups is 1. The summed E-state index contributed by atoms with van der Waals surface area (Å²) < 4.78 is 15.3. The largest absolute Gasteiger partial charge is 0.341 e. The summed E-state index contributed by atoms with van der Waals surface area (Å²) >= 11 is 12.3. The third-order valence-corrected chi connectivity index (χ3v) is 6.73. The second kappa shape index (κ2) is 9.32. The molecule has 0 bridgehead atoms. The summed E-state index contributed by atoms with van der Waals surface area (Å²) in [6, 6.07) is 13.4. The van der Waals surface area contributed by atoms with Crippen LogP contribution < -0.4 is 5.32 Å². The molecule has 4 aromatic rings. The SMILES string of the molecule is Cc1cnc(Nc2ccc(F)cc2Cl)nc1-c1cc2n(c1)CCN(C(C)c1cccc(Cl)c1)C2=O. The van der Waals surface area contributed by atoms with Gasteiger partial charge in [0.15, 0.2) is 0 Å². The standard InChI is InChI=1S/C26H22Cl2FN5O/c1-15-13-30-26(31-22-7-6-20(29)12-21(22)28)32-24(15)18-11-23-25(35)34(9-8-33(23)14-18)16(2)17-4-3-5-19(27)10-17/h3-7,10-14,16H,8-9H2,1-2H3,(H,30,31,32). The van der Waals surface area contributed by atoms with Crippen molar-refractivity contribution in [2.75, 3.05) is 11.9 Å². The molecule has 0 radical (unpaired) electrons. The third-order valence-electron chi connectivity index (χ3n) is 6.18. The van der Waals surface area contributed by atoms with Crippen LogP contribution in [-0.2, 0) is 6.54 Å². The number of amides is 1. The number of nitrogens with zero attached hydrogens (tertiary/aromatic N) is 4. The lowest BCUT2D eigenvalue weighted by Crippen LogP contribution is -2.41. The Balaban J connectivity index is 1.43. The fourth-order valence-electron chi connectivity index (χ4n) is 4.29. The van der Waals surface area contributed by atoms with Crippen LogP contribution in [0, 0.1) is 12.7 Å². The Labute approximate surface area is 212 Å². The molecule has 6 nitrogen and oxygen atoms in total. The van der Waals surface area contributed by atoms with Gasteiger partial charge in [-0.05, 0) is 61.4 Å². The Morgan fingerprint density at radius 3 is 2.71 bits per heavy atom. The van der Waals surface area contributed by atoms with Crippen molar-refractivity contribution in [3.05, 3.63) is 93.6 Å². The van der Waals surface area contributed by atoms with Crippen LogP contribution in [-0.4, -0.2) is 31.9 Å². The number of rotatable bonds is 5. The van der Waals surface area contributed by atoms with Crippen LogP contribution in [0.1, 0.15) is 34.6 Å². The molecule has 1 N–H and O–H groups in total. The number of anilines is 2. The van der Waals surface area contributed by atoms with Crippen molar-refractivity contribution in [3.8, 4) is 11.3 Å². The van der Waals surface area contributed by atoms with Crippen LogP contribution >= 0.6 is 23.2 Å². The third kappa shape index (κ3) is 4.61. The zero-order valence-electron chi connectivity index (χ0n) is 19.1. The van der Waals surface area contributed by atoms with Gasteiger partial charge in [-0.15, -0.1) is 0 Å². The Morgan fingerprint density at radius 2 is 1.94 bits per heavy atom. The van der Waals surface area contributed by atoms with Crippen LogP contribution in [0.2, 0.25) is 10.0 Å². The number of fused-ring (bicyclic) bond motifs is 1. The average molecular weight is 510 g/mol. The summed E-state index contributed by atoms with van der Waals surface area (Å²) in [6.45, 7) is 5.19. The first-order valence-electron chi connectivity index (χ1n) is 11.1. The molecule has 2 aromatic carbocycles. The van der Waals surface area contributed by atoms with Gasteiger partial charge in [-0.3, -0.25) is 4.79 Å². The summed E-state index contributed by atoms with van der Waals surface area (Å²) in [4.78, 5) is 24.2. The summed E-state index contributed by atoms with van der Waals surface area (Å²) in [7, 11) is 0. The van der Waals surface area contributed by atoms with Crippen LogP contribution in [0.15, 0.2) is 60.9 Å². The first-order valence-corrected chi connectivity index (χ1v) is 11.9. The quantitative estimate of drug-likeness (QED) is 0.326. The van der Waals surface area contributed by atoms with Gasteiger partial charge in [0.25, 0.3) is 5.91 Å². The molecule has 0 spiro atoms. The van der Waals surface area contributed by atoms with Crippen molar-refractivity contribution in [1.82, 2.24) is 19.4 Å². The minimum atomic E-state index is -0.422. The van der Waals surface area contributed by atoms with Crippen molar-refractivity contribution in [1.29, 1.82) is 0 Å². The molecule has 2 aromatic heterocycles. The second-order valence-corrected chi connectivity index (χ2v) is 9.35. The molecule has 178 valence electrons. The van der Waals surface area contributed by atoms with E-state index in [2.05, 4.69) is 15.3 Å². The molecular weight excluding hydrogens is 488 g/mol. The van der Waals surface area contributed by atoms with E-state index in [9.17, 15) is 9.18 Å². The molecule has 1 unspecified atom stereocenters. The van der Waals surface area contributed by atoms with E-state index in [0.29, 0.717) is 41.1 Å². The van der Waals surface area contributed by atoms with Gasteiger partial charge in [0.1, 0.15) is 11.5 Å². The highest BCUT2D eigenvalue weighted by Gasteiger charge is 2.30. The summed E-state index contributed by atoms with van der Waals surface area (Å²) in [6.07, 6.45) is 3.65. The maximum atomic E-state index is 13.4. The summed E-state index contributed by atoms with van der Waals surface area (Å²) in [5.41, 5.74) is 4.48. The van der Waals surface area contributed by atoms with Gasteiger partial charge >= 0.3 is 0 Å². The van der Waals surface area contributed by atoms with E-state index >= 15 is 0 Å². The number of aryl methyl sites for hydroxylation is 1. The lowest BCUT2D eigenvalue weighted by atomic mass is 10.1. The maximum absolute atomic E-state index is 13.4. The lowest BCUT2D eigenvalue weighted by Gasteiger charge is -2.33. The molecule has 3 heterocycles. The van der Waals surface area contributed by atoms with E-state index in [1.807, 2.05) is 59.8 Å². The molecule has 35 heavy (non-hydrogen) atoms. The van der Waals surface area contributed by atoms with Crippen LogP contribution in [0.3, 0.4) is 0 Å². The van der Waals surface area contributed by atoms with E-state index in [4.69, 9.17) is 23.2 Å². The number of nitrogens with one attached hydrogen (secondary N) is 1. The smallest absolute Gasteiger partial charge is 0.271 e. The highest BCUT2D eigenvalue weighted by molar-refractivity contribution is 6.33. The predicted octanol–water partition coefficient (Wildman–Crippen LogP) is 6.66. The fourth-order valence-corrected chi connectivity index (χ4v) is 4.70. The van der Waals surface area contributed by atoms with E-state index < -0.39 is 5.82 Å². The Bertz CT molecular complexity index is 1440. The molecule has 0 saturated heterocycles.